The van der Waals surface area contributed by atoms with Crippen LogP contribution in [0, 0.1) is 11.6 Å². The second kappa shape index (κ2) is 13.5. The summed E-state index contributed by atoms with van der Waals surface area (Å²) in [6.07, 6.45) is 0. The van der Waals surface area contributed by atoms with Gasteiger partial charge < -0.3 is 16.0 Å². The van der Waals surface area contributed by atoms with Crippen LogP contribution in [0.3, 0.4) is 0 Å². The van der Waals surface area contributed by atoms with Crippen LogP contribution in [0.15, 0.2) is 48.5 Å². The SMILES string of the molecule is CC(C)(CNc1nc(Cl)ns1)c1ccc(F)cc1.CC(C)Nc1nsc(NCC(C)(C)c2ccc(F)cc2)n1. The zero-order valence-corrected chi connectivity index (χ0v) is 25.2. The van der Waals surface area contributed by atoms with Gasteiger partial charge in [0, 0.05) is 53.0 Å². The van der Waals surface area contributed by atoms with E-state index in [-0.39, 0.29) is 27.7 Å². The van der Waals surface area contributed by atoms with E-state index >= 15 is 0 Å². The van der Waals surface area contributed by atoms with E-state index in [4.69, 9.17) is 11.6 Å². The lowest BCUT2D eigenvalue weighted by atomic mass is 9.84. The largest absolute Gasteiger partial charge is 0.359 e. The zero-order valence-electron chi connectivity index (χ0n) is 22.8. The van der Waals surface area contributed by atoms with Gasteiger partial charge in [0.2, 0.25) is 21.5 Å². The minimum absolute atomic E-state index is 0.120. The molecule has 0 amide bonds. The maximum absolute atomic E-state index is 13.0. The van der Waals surface area contributed by atoms with E-state index in [0.29, 0.717) is 30.2 Å². The van der Waals surface area contributed by atoms with Crippen molar-refractivity contribution in [3.05, 3.63) is 76.6 Å². The average Bonchev–Trinajstić information content (AvgIpc) is 3.50. The van der Waals surface area contributed by atoms with Crippen molar-refractivity contribution in [3.8, 4) is 0 Å². The quantitative estimate of drug-likeness (QED) is 0.174. The Bertz CT molecular complexity index is 1310. The molecule has 0 saturated carbocycles. The third-order valence-electron chi connectivity index (χ3n) is 5.86. The van der Waals surface area contributed by atoms with Crippen LogP contribution in [0.5, 0.6) is 0 Å². The fourth-order valence-corrected chi connectivity index (χ4v) is 4.72. The lowest BCUT2D eigenvalue weighted by Crippen LogP contribution is -2.27. The Morgan fingerprint density at radius 2 is 1.18 bits per heavy atom. The van der Waals surface area contributed by atoms with Gasteiger partial charge in [-0.05, 0) is 60.8 Å². The molecule has 4 aromatic rings. The predicted octanol–water partition coefficient (Wildman–Crippen LogP) is 7.61. The number of hydrogen-bond donors (Lipinski definition) is 3. The predicted molar refractivity (Wildman–Crippen MR) is 159 cm³/mol. The maximum atomic E-state index is 13.0. The molecule has 4 rings (SSSR count). The van der Waals surface area contributed by atoms with Crippen molar-refractivity contribution >= 4 is 50.9 Å². The topological polar surface area (TPSA) is 87.7 Å². The Morgan fingerprint density at radius 1 is 0.744 bits per heavy atom. The lowest BCUT2D eigenvalue weighted by molar-refractivity contribution is 0.553. The van der Waals surface area contributed by atoms with Crippen molar-refractivity contribution < 1.29 is 8.78 Å². The molecule has 2 aromatic carbocycles. The molecule has 0 fully saturated rings. The highest BCUT2D eigenvalue weighted by atomic mass is 35.5. The van der Waals surface area contributed by atoms with Gasteiger partial charge in [-0.15, -0.1) is 0 Å². The van der Waals surface area contributed by atoms with E-state index in [1.54, 1.807) is 12.1 Å². The number of benzene rings is 2. The molecular formula is C27H34ClF2N7S2. The smallest absolute Gasteiger partial charge is 0.236 e. The van der Waals surface area contributed by atoms with Crippen LogP contribution >= 0.6 is 34.7 Å². The summed E-state index contributed by atoms with van der Waals surface area (Å²) in [7, 11) is 0. The zero-order chi connectivity index (χ0) is 28.6. The van der Waals surface area contributed by atoms with Crippen LogP contribution in [-0.2, 0) is 10.8 Å². The number of nitrogens with one attached hydrogen (secondary N) is 3. The van der Waals surface area contributed by atoms with Crippen molar-refractivity contribution in [1.82, 2.24) is 18.7 Å². The van der Waals surface area contributed by atoms with E-state index < -0.39 is 0 Å². The van der Waals surface area contributed by atoms with Crippen LogP contribution in [0.4, 0.5) is 25.0 Å². The van der Waals surface area contributed by atoms with Crippen LogP contribution in [-0.4, -0.2) is 37.8 Å². The fourth-order valence-electron chi connectivity index (χ4n) is 3.49. The molecule has 0 spiro atoms. The summed E-state index contributed by atoms with van der Waals surface area (Å²) < 4.78 is 34.0. The monoisotopic (exact) mass is 593 g/mol. The van der Waals surface area contributed by atoms with Gasteiger partial charge in [0.15, 0.2) is 0 Å². The minimum Gasteiger partial charge on any atom is -0.359 e. The second-order valence-electron chi connectivity index (χ2n) is 10.6. The van der Waals surface area contributed by atoms with Crippen molar-refractivity contribution in [3.63, 3.8) is 0 Å². The first-order valence-electron chi connectivity index (χ1n) is 12.4. The molecule has 7 nitrogen and oxygen atoms in total. The standard InChI is InChI=1S/C15H21FN4S.C12H13ClFN3S/c1-10(2)18-13-19-14(21-20-13)17-9-15(3,4)11-5-7-12(16)8-6-11;1-12(2,8-3-5-9(14)6-4-8)7-15-11-16-10(13)17-18-11/h5-8,10H,9H2,1-4H3,(H2,17,18,19,20);3-6H,7H2,1-2H3,(H,15,16,17). The summed E-state index contributed by atoms with van der Waals surface area (Å²) in [5.41, 5.74) is 1.89. The third-order valence-corrected chi connectivity index (χ3v) is 7.47. The van der Waals surface area contributed by atoms with E-state index in [2.05, 4.69) is 62.4 Å². The second-order valence-corrected chi connectivity index (χ2v) is 12.4. The summed E-state index contributed by atoms with van der Waals surface area (Å²) in [5, 5.41) is 11.4. The van der Waals surface area contributed by atoms with E-state index in [1.807, 2.05) is 26.0 Å². The normalized spacial score (nSPS) is 11.6. The number of nitrogens with zero attached hydrogens (tertiary/aromatic N) is 4. The summed E-state index contributed by atoms with van der Waals surface area (Å²) in [6, 6.07) is 13.5. The van der Waals surface area contributed by atoms with Gasteiger partial charge >= 0.3 is 0 Å². The van der Waals surface area contributed by atoms with Gasteiger partial charge in [-0.3, -0.25) is 0 Å². The average molecular weight is 594 g/mol. The molecule has 2 aromatic heterocycles. The number of aromatic nitrogens is 4. The Morgan fingerprint density at radius 3 is 1.59 bits per heavy atom. The molecule has 0 unspecified atom stereocenters. The molecule has 0 aliphatic carbocycles. The molecule has 0 radical (unpaired) electrons. The molecular weight excluding hydrogens is 560 g/mol. The van der Waals surface area contributed by atoms with Crippen LogP contribution < -0.4 is 16.0 Å². The van der Waals surface area contributed by atoms with Crippen LogP contribution in [0.2, 0.25) is 5.28 Å². The van der Waals surface area contributed by atoms with Gasteiger partial charge in [-0.25, -0.2) is 8.78 Å². The number of halogens is 3. The van der Waals surface area contributed by atoms with Crippen molar-refractivity contribution in [1.29, 1.82) is 0 Å². The highest BCUT2D eigenvalue weighted by Crippen LogP contribution is 2.26. The first-order valence-corrected chi connectivity index (χ1v) is 14.4. The number of rotatable bonds is 10. The van der Waals surface area contributed by atoms with Crippen molar-refractivity contribution in [2.24, 2.45) is 0 Å². The van der Waals surface area contributed by atoms with Gasteiger partial charge in [0.25, 0.3) is 0 Å². The molecule has 39 heavy (non-hydrogen) atoms. The summed E-state index contributed by atoms with van der Waals surface area (Å²) in [4.78, 5) is 8.41. The number of hydrogen-bond acceptors (Lipinski definition) is 9. The third kappa shape index (κ3) is 9.66. The first-order chi connectivity index (χ1) is 18.3. The highest BCUT2D eigenvalue weighted by molar-refractivity contribution is 7.10. The van der Waals surface area contributed by atoms with Gasteiger partial charge in [0.1, 0.15) is 11.6 Å². The molecule has 3 N–H and O–H groups in total. The first kappa shape index (κ1) is 30.6. The Balaban J connectivity index is 0.000000218. The minimum atomic E-state index is -0.224. The van der Waals surface area contributed by atoms with Crippen LogP contribution in [0.25, 0.3) is 0 Å². The van der Waals surface area contributed by atoms with Gasteiger partial charge in [0.05, 0.1) is 0 Å². The Labute approximate surface area is 241 Å². The molecule has 210 valence electrons. The van der Waals surface area contributed by atoms with Crippen LogP contribution in [0.1, 0.15) is 52.7 Å². The molecule has 12 heteroatoms. The van der Waals surface area contributed by atoms with Gasteiger partial charge in [-0.1, -0.05) is 52.0 Å². The summed E-state index contributed by atoms with van der Waals surface area (Å²) in [6.45, 7) is 13.9. The molecule has 2 heterocycles. The summed E-state index contributed by atoms with van der Waals surface area (Å²) in [5.74, 6) is 0.214. The lowest BCUT2D eigenvalue weighted by Gasteiger charge is -2.25. The molecule has 0 bridgehead atoms. The number of anilines is 3. The maximum Gasteiger partial charge on any atom is 0.236 e. The van der Waals surface area contributed by atoms with Crippen molar-refractivity contribution in [2.45, 2.75) is 58.4 Å². The summed E-state index contributed by atoms with van der Waals surface area (Å²) >= 11 is 8.21. The fraction of sp³-hybridized carbons (Fsp3) is 0.407. The molecule has 0 aliphatic rings. The van der Waals surface area contributed by atoms with Crippen molar-refractivity contribution in [2.75, 3.05) is 29.0 Å². The Hall–Kier alpha value is -2.89. The highest BCUT2D eigenvalue weighted by Gasteiger charge is 2.22. The Kier molecular flexibility index (Phi) is 10.6. The molecule has 0 atom stereocenters. The van der Waals surface area contributed by atoms with E-state index in [1.165, 1.54) is 47.3 Å². The molecule has 0 saturated heterocycles. The molecule has 0 aliphatic heterocycles. The van der Waals surface area contributed by atoms with E-state index in [0.717, 1.165) is 16.3 Å². The van der Waals surface area contributed by atoms with E-state index in [9.17, 15) is 8.78 Å². The van der Waals surface area contributed by atoms with Gasteiger partial charge in [-0.2, -0.15) is 18.7 Å².